The minimum atomic E-state index is -4.10. The summed E-state index contributed by atoms with van der Waals surface area (Å²) in [5, 5.41) is 3.13. The van der Waals surface area contributed by atoms with Crippen LogP contribution in [0.3, 0.4) is 0 Å². The third-order valence-electron chi connectivity index (χ3n) is 4.92. The first kappa shape index (κ1) is 24.6. The second-order valence-electron chi connectivity index (χ2n) is 7.35. The highest BCUT2D eigenvalue weighted by atomic mass is 35.5. The zero-order chi connectivity index (χ0) is 24.0. The zero-order valence-corrected chi connectivity index (χ0v) is 20.0. The summed E-state index contributed by atoms with van der Waals surface area (Å²) in [4.78, 5) is 13.2. The molecule has 0 aromatic heterocycles. The van der Waals surface area contributed by atoms with E-state index in [0.717, 1.165) is 11.1 Å². The van der Waals surface area contributed by atoms with E-state index in [0.29, 0.717) is 16.5 Å². The number of benzene rings is 3. The largest absolute Gasteiger partial charge is 0.495 e. The van der Waals surface area contributed by atoms with E-state index >= 15 is 0 Å². The zero-order valence-electron chi connectivity index (χ0n) is 18.5. The molecule has 0 unspecified atom stereocenters. The van der Waals surface area contributed by atoms with Gasteiger partial charge < -0.3 is 14.8 Å². The average Bonchev–Trinajstić information content (AvgIpc) is 2.79. The summed E-state index contributed by atoms with van der Waals surface area (Å²) in [5.41, 5.74) is 1.86. The number of hydrogen-bond acceptors (Lipinski definition) is 5. The Morgan fingerprint density at radius 1 is 0.970 bits per heavy atom. The molecule has 1 atom stereocenters. The van der Waals surface area contributed by atoms with Crippen molar-refractivity contribution in [3.8, 4) is 11.5 Å². The highest BCUT2D eigenvalue weighted by Crippen LogP contribution is 2.29. The SMILES string of the molecule is COc1ccc(Cl)cc1NC(=O)[C@H](Cc1ccccc1)NS(=O)(=O)c1cc(C)ccc1OC. The van der Waals surface area contributed by atoms with Crippen LogP contribution in [0.15, 0.2) is 71.6 Å². The van der Waals surface area contributed by atoms with Crippen LogP contribution < -0.4 is 19.5 Å². The van der Waals surface area contributed by atoms with Gasteiger partial charge in [0.05, 0.1) is 19.9 Å². The van der Waals surface area contributed by atoms with Gasteiger partial charge in [0.25, 0.3) is 0 Å². The first-order valence-corrected chi connectivity index (χ1v) is 11.9. The number of sulfonamides is 1. The standard InChI is InChI=1S/C24H25ClN2O5S/c1-16-9-11-22(32-3)23(13-16)33(29,30)27-20(14-17-7-5-4-6-8-17)24(28)26-19-15-18(25)10-12-21(19)31-2/h4-13,15,20,27H,14H2,1-3H3,(H,26,28)/t20-/m0/s1. The minimum Gasteiger partial charge on any atom is -0.495 e. The molecule has 3 rings (SSSR count). The minimum absolute atomic E-state index is 0.0452. The molecular formula is C24H25ClN2O5S. The van der Waals surface area contributed by atoms with Crippen LogP contribution in [0.1, 0.15) is 11.1 Å². The van der Waals surface area contributed by atoms with E-state index in [1.54, 1.807) is 31.2 Å². The highest BCUT2D eigenvalue weighted by molar-refractivity contribution is 7.89. The van der Waals surface area contributed by atoms with Gasteiger partial charge in [0.2, 0.25) is 15.9 Å². The number of ether oxygens (including phenoxy) is 2. The van der Waals surface area contributed by atoms with Gasteiger partial charge in [-0.1, -0.05) is 48.0 Å². The summed E-state index contributed by atoms with van der Waals surface area (Å²) in [6.45, 7) is 1.78. The summed E-state index contributed by atoms with van der Waals surface area (Å²) in [6.07, 6.45) is 0.128. The van der Waals surface area contributed by atoms with E-state index in [2.05, 4.69) is 10.0 Å². The number of amides is 1. The Morgan fingerprint density at radius 3 is 2.30 bits per heavy atom. The Hall–Kier alpha value is -3.07. The van der Waals surface area contributed by atoms with Crippen LogP contribution in [0.5, 0.6) is 11.5 Å². The van der Waals surface area contributed by atoms with Gasteiger partial charge in [-0.25, -0.2) is 8.42 Å². The molecule has 0 bridgehead atoms. The Bertz CT molecular complexity index is 1230. The predicted molar refractivity (Wildman–Crippen MR) is 129 cm³/mol. The van der Waals surface area contributed by atoms with E-state index in [4.69, 9.17) is 21.1 Å². The lowest BCUT2D eigenvalue weighted by atomic mass is 10.1. The van der Waals surface area contributed by atoms with Crippen molar-refractivity contribution in [1.82, 2.24) is 4.72 Å². The molecule has 1 amide bonds. The molecule has 2 N–H and O–H groups in total. The molecule has 0 saturated heterocycles. The van der Waals surface area contributed by atoms with Gasteiger partial charge in [0.1, 0.15) is 22.4 Å². The van der Waals surface area contributed by atoms with Crippen LogP contribution >= 0.6 is 11.6 Å². The number of carbonyl (C=O) groups is 1. The van der Waals surface area contributed by atoms with Gasteiger partial charge in [-0.3, -0.25) is 4.79 Å². The van der Waals surface area contributed by atoms with Crippen LogP contribution in [-0.4, -0.2) is 34.6 Å². The molecule has 0 heterocycles. The van der Waals surface area contributed by atoms with E-state index in [1.165, 1.54) is 26.4 Å². The molecular weight excluding hydrogens is 464 g/mol. The molecule has 9 heteroatoms. The fourth-order valence-electron chi connectivity index (χ4n) is 3.28. The van der Waals surface area contributed by atoms with Gasteiger partial charge in [-0.05, 0) is 54.8 Å². The summed E-state index contributed by atoms with van der Waals surface area (Å²) < 4.78 is 39.6. The maximum atomic E-state index is 13.3. The fourth-order valence-corrected chi connectivity index (χ4v) is 4.90. The highest BCUT2D eigenvalue weighted by Gasteiger charge is 2.29. The van der Waals surface area contributed by atoms with Gasteiger partial charge in [-0.2, -0.15) is 4.72 Å². The summed E-state index contributed by atoms with van der Waals surface area (Å²) in [7, 11) is -1.24. The van der Waals surface area contributed by atoms with Crippen molar-refractivity contribution in [3.05, 3.63) is 82.9 Å². The van der Waals surface area contributed by atoms with Gasteiger partial charge >= 0.3 is 0 Å². The lowest BCUT2D eigenvalue weighted by Crippen LogP contribution is -2.45. The number of nitrogens with one attached hydrogen (secondary N) is 2. The molecule has 0 aliphatic carbocycles. The number of carbonyl (C=O) groups excluding carboxylic acids is 1. The van der Waals surface area contributed by atoms with Gasteiger partial charge in [0.15, 0.2) is 0 Å². The number of hydrogen-bond donors (Lipinski definition) is 2. The van der Waals surface area contributed by atoms with Crippen LogP contribution in [0.25, 0.3) is 0 Å². The molecule has 3 aromatic rings. The van der Waals surface area contributed by atoms with Crippen LogP contribution in [0.4, 0.5) is 5.69 Å². The Morgan fingerprint density at radius 2 is 1.64 bits per heavy atom. The summed E-state index contributed by atoms with van der Waals surface area (Å²) >= 11 is 6.07. The number of aryl methyl sites for hydroxylation is 1. The average molecular weight is 489 g/mol. The summed E-state index contributed by atoms with van der Waals surface area (Å²) in [5.74, 6) is 0.0208. The Labute approximate surface area is 198 Å². The van der Waals surface area contributed by atoms with E-state index in [-0.39, 0.29) is 17.1 Å². The van der Waals surface area contributed by atoms with Crippen molar-refractivity contribution < 1.29 is 22.7 Å². The third-order valence-corrected chi connectivity index (χ3v) is 6.65. The quantitative estimate of drug-likeness (QED) is 0.471. The first-order chi connectivity index (χ1) is 15.7. The lowest BCUT2D eigenvalue weighted by molar-refractivity contribution is -0.117. The van der Waals surface area contributed by atoms with Crippen molar-refractivity contribution in [2.45, 2.75) is 24.3 Å². The number of anilines is 1. The predicted octanol–water partition coefficient (Wildman–Crippen LogP) is 4.19. The van der Waals surface area contributed by atoms with E-state index in [1.807, 2.05) is 30.3 Å². The second-order valence-corrected chi connectivity index (χ2v) is 9.47. The molecule has 174 valence electrons. The monoisotopic (exact) mass is 488 g/mol. The molecule has 0 saturated carbocycles. The van der Waals surface area contributed by atoms with E-state index in [9.17, 15) is 13.2 Å². The Balaban J connectivity index is 1.96. The Kier molecular flexibility index (Phi) is 7.97. The molecule has 0 fully saturated rings. The maximum Gasteiger partial charge on any atom is 0.245 e. The molecule has 0 aliphatic heterocycles. The summed E-state index contributed by atoms with van der Waals surface area (Å²) in [6, 6.07) is 17.6. The van der Waals surface area contributed by atoms with Gasteiger partial charge in [0, 0.05) is 5.02 Å². The topological polar surface area (TPSA) is 93.7 Å². The molecule has 0 radical (unpaired) electrons. The van der Waals surface area contributed by atoms with Crippen molar-refractivity contribution in [2.24, 2.45) is 0 Å². The molecule has 0 aliphatic rings. The van der Waals surface area contributed by atoms with Gasteiger partial charge in [-0.15, -0.1) is 0 Å². The lowest BCUT2D eigenvalue weighted by Gasteiger charge is -2.20. The number of halogens is 1. The maximum absolute atomic E-state index is 13.3. The van der Waals surface area contributed by atoms with Crippen LogP contribution in [0, 0.1) is 6.92 Å². The van der Waals surface area contributed by atoms with E-state index < -0.39 is 22.0 Å². The third kappa shape index (κ3) is 6.25. The van der Waals surface area contributed by atoms with Crippen molar-refractivity contribution in [2.75, 3.05) is 19.5 Å². The van der Waals surface area contributed by atoms with Crippen molar-refractivity contribution >= 4 is 33.2 Å². The van der Waals surface area contributed by atoms with Crippen molar-refractivity contribution in [3.63, 3.8) is 0 Å². The van der Waals surface area contributed by atoms with Crippen molar-refractivity contribution in [1.29, 1.82) is 0 Å². The fraction of sp³-hybridized carbons (Fsp3) is 0.208. The number of rotatable bonds is 9. The molecule has 0 spiro atoms. The smallest absolute Gasteiger partial charge is 0.245 e. The first-order valence-electron chi connectivity index (χ1n) is 10.1. The second kappa shape index (κ2) is 10.7. The molecule has 33 heavy (non-hydrogen) atoms. The molecule has 7 nitrogen and oxygen atoms in total. The number of methoxy groups -OCH3 is 2. The van der Waals surface area contributed by atoms with Crippen LogP contribution in [0.2, 0.25) is 5.02 Å². The molecule has 3 aromatic carbocycles. The van der Waals surface area contributed by atoms with Crippen LogP contribution in [-0.2, 0) is 21.2 Å². The normalized spacial score (nSPS) is 12.1.